The van der Waals surface area contributed by atoms with Crippen LogP contribution < -0.4 is 14.2 Å². The smallest absolute Gasteiger partial charge is 0.341 e. The number of carbonyl (C=O) groups excluding carboxylic acids is 3. The fraction of sp³-hybridized carbons (Fsp3) is 0.125. The Morgan fingerprint density at radius 2 is 1.40 bits per heavy atom. The van der Waals surface area contributed by atoms with Crippen LogP contribution in [0.4, 0.5) is 0 Å². The first-order chi connectivity index (χ1) is 16.5. The van der Waals surface area contributed by atoms with Crippen LogP contribution in [0.1, 0.15) is 40.9 Å². The molecule has 0 amide bonds. The average Bonchev–Trinajstić information content (AvgIpc) is 3.05. The molecule has 35 heavy (non-hydrogen) atoms. The molecule has 1 N–H and O–H groups in total. The molecule has 0 fully saturated rings. The minimum Gasteiger partial charge on any atom is -0.456 e. The van der Waals surface area contributed by atoms with Crippen LogP contribution >= 0.6 is 0 Å². The van der Waals surface area contributed by atoms with Crippen molar-refractivity contribution in [3.8, 4) is 23.0 Å². The van der Waals surface area contributed by atoms with Crippen molar-refractivity contribution in [3.63, 3.8) is 0 Å². The number of carbonyl (C=O) groups is 3. The molecule has 2 heterocycles. The first-order valence-corrected chi connectivity index (χ1v) is 11.6. The second-order valence-electron chi connectivity index (χ2n) is 7.83. The summed E-state index contributed by atoms with van der Waals surface area (Å²) in [7, 11) is -4.76. The highest BCUT2D eigenvalue weighted by Crippen LogP contribution is 2.57. The van der Waals surface area contributed by atoms with Crippen LogP contribution in [0.3, 0.4) is 0 Å². The van der Waals surface area contributed by atoms with Crippen molar-refractivity contribution in [1.82, 2.24) is 0 Å². The van der Waals surface area contributed by atoms with E-state index >= 15 is 0 Å². The predicted octanol–water partition coefficient (Wildman–Crippen LogP) is 3.35. The Bertz CT molecular complexity index is 1490. The molecule has 3 aromatic rings. The Kier molecular flexibility index (Phi) is 4.93. The Morgan fingerprint density at radius 1 is 0.857 bits per heavy atom. The number of hydrogen-bond donors (Lipinski definition) is 1. The number of esters is 3. The van der Waals surface area contributed by atoms with Gasteiger partial charge in [-0.25, -0.2) is 4.79 Å². The number of rotatable bonds is 3. The molecule has 178 valence electrons. The molecule has 3 aromatic carbocycles. The monoisotopic (exact) mass is 496 g/mol. The van der Waals surface area contributed by atoms with Crippen molar-refractivity contribution in [2.45, 2.75) is 24.3 Å². The van der Waals surface area contributed by atoms with E-state index in [1.54, 1.807) is 0 Å². The molecule has 10 nitrogen and oxygen atoms in total. The summed E-state index contributed by atoms with van der Waals surface area (Å²) in [6.07, 6.45) is 0. The van der Waals surface area contributed by atoms with Gasteiger partial charge in [0.25, 0.3) is 10.1 Å². The van der Waals surface area contributed by atoms with Crippen LogP contribution in [0.15, 0.2) is 59.5 Å². The first kappa shape index (κ1) is 22.6. The van der Waals surface area contributed by atoms with Gasteiger partial charge in [0, 0.05) is 42.7 Å². The second-order valence-corrected chi connectivity index (χ2v) is 9.22. The quantitative estimate of drug-likeness (QED) is 0.326. The van der Waals surface area contributed by atoms with Gasteiger partial charge >= 0.3 is 17.9 Å². The van der Waals surface area contributed by atoms with Crippen molar-refractivity contribution in [2.24, 2.45) is 0 Å². The van der Waals surface area contributed by atoms with Gasteiger partial charge in [-0.05, 0) is 30.3 Å². The summed E-state index contributed by atoms with van der Waals surface area (Å²) in [5.41, 5.74) is -1.19. The van der Waals surface area contributed by atoms with Crippen LogP contribution in [0, 0.1) is 0 Å². The molecule has 1 spiro atoms. The standard InChI is InChI=1S/C24H16O10S/c1-12(25)31-14-6-8-16-19(10-14)33-20-11-15(32-13(2)26)7-9-17(20)24(16)18-4-3-5-21(35(28,29)30)22(18)23(27)34-24/h3-11H,1-2H3,(H,28,29,30). The van der Waals surface area contributed by atoms with Gasteiger partial charge in [0.15, 0.2) is 5.60 Å². The molecule has 0 unspecified atom stereocenters. The predicted molar refractivity (Wildman–Crippen MR) is 117 cm³/mol. The Morgan fingerprint density at radius 3 is 1.89 bits per heavy atom. The van der Waals surface area contributed by atoms with Gasteiger partial charge in [-0.3, -0.25) is 14.1 Å². The summed E-state index contributed by atoms with van der Waals surface area (Å²) in [4.78, 5) is 35.4. The Hall–Kier alpha value is -4.22. The molecular weight excluding hydrogens is 480 g/mol. The van der Waals surface area contributed by atoms with Crippen molar-refractivity contribution in [2.75, 3.05) is 0 Å². The zero-order valence-corrected chi connectivity index (χ0v) is 19.0. The highest BCUT2D eigenvalue weighted by molar-refractivity contribution is 7.86. The van der Waals surface area contributed by atoms with E-state index in [2.05, 4.69) is 0 Å². The SMILES string of the molecule is CC(=O)Oc1ccc2c(c1)Oc1cc(OC(C)=O)ccc1C21OC(=O)c2c1cccc2S(=O)(=O)O. The van der Waals surface area contributed by atoms with E-state index in [1.807, 2.05) is 0 Å². The van der Waals surface area contributed by atoms with E-state index in [1.165, 1.54) is 62.4 Å². The van der Waals surface area contributed by atoms with Gasteiger partial charge in [-0.2, -0.15) is 8.42 Å². The molecule has 0 atom stereocenters. The minimum absolute atomic E-state index is 0.147. The van der Waals surface area contributed by atoms with E-state index in [-0.39, 0.29) is 34.1 Å². The minimum atomic E-state index is -4.76. The lowest BCUT2D eigenvalue weighted by atomic mass is 9.77. The van der Waals surface area contributed by atoms with Gasteiger partial charge < -0.3 is 18.9 Å². The molecule has 2 aliphatic rings. The zero-order chi connectivity index (χ0) is 25.1. The summed E-state index contributed by atoms with van der Waals surface area (Å²) < 4.78 is 56.0. The van der Waals surface area contributed by atoms with Crippen molar-refractivity contribution < 1.29 is 46.3 Å². The molecular formula is C24H16O10S. The number of benzene rings is 3. The lowest BCUT2D eigenvalue weighted by molar-refractivity contribution is -0.132. The van der Waals surface area contributed by atoms with Crippen LogP contribution in [0.5, 0.6) is 23.0 Å². The Balaban J connectivity index is 1.82. The third-order valence-electron chi connectivity index (χ3n) is 5.54. The number of fused-ring (bicyclic) bond motifs is 6. The lowest BCUT2D eigenvalue weighted by Gasteiger charge is -2.36. The summed E-state index contributed by atoms with van der Waals surface area (Å²) in [5, 5.41) is 0. The van der Waals surface area contributed by atoms with E-state index in [0.29, 0.717) is 11.1 Å². The molecule has 0 saturated carbocycles. The van der Waals surface area contributed by atoms with Gasteiger partial charge in [0.05, 0.1) is 5.56 Å². The summed E-state index contributed by atoms with van der Waals surface area (Å²) in [6, 6.07) is 12.8. The highest BCUT2D eigenvalue weighted by atomic mass is 32.2. The maximum absolute atomic E-state index is 13.1. The maximum atomic E-state index is 13.1. The van der Waals surface area contributed by atoms with Crippen LogP contribution in [0.25, 0.3) is 0 Å². The van der Waals surface area contributed by atoms with Crippen LogP contribution in [0.2, 0.25) is 0 Å². The van der Waals surface area contributed by atoms with Crippen LogP contribution in [-0.2, 0) is 30.0 Å². The van der Waals surface area contributed by atoms with Gasteiger partial charge in [0.1, 0.15) is 27.9 Å². The first-order valence-electron chi connectivity index (χ1n) is 10.2. The van der Waals surface area contributed by atoms with E-state index < -0.39 is 38.5 Å². The topological polar surface area (TPSA) is 142 Å². The van der Waals surface area contributed by atoms with Gasteiger partial charge in [0.2, 0.25) is 0 Å². The van der Waals surface area contributed by atoms with E-state index in [9.17, 15) is 27.4 Å². The largest absolute Gasteiger partial charge is 0.456 e. The van der Waals surface area contributed by atoms with E-state index in [4.69, 9.17) is 18.9 Å². The average molecular weight is 496 g/mol. The molecule has 0 saturated heterocycles. The maximum Gasteiger partial charge on any atom is 0.341 e. The highest BCUT2D eigenvalue weighted by Gasteiger charge is 2.55. The molecule has 0 aliphatic carbocycles. The third kappa shape index (κ3) is 3.52. The summed E-state index contributed by atoms with van der Waals surface area (Å²) in [5.74, 6) is -1.50. The Labute approximate surface area is 198 Å². The third-order valence-corrected chi connectivity index (χ3v) is 6.44. The fourth-order valence-corrected chi connectivity index (χ4v) is 5.08. The molecule has 0 radical (unpaired) electrons. The van der Waals surface area contributed by atoms with Crippen molar-refractivity contribution in [1.29, 1.82) is 0 Å². The molecule has 0 bridgehead atoms. The normalized spacial score (nSPS) is 14.8. The number of hydrogen-bond acceptors (Lipinski definition) is 9. The van der Waals surface area contributed by atoms with Gasteiger partial charge in [-0.15, -0.1) is 0 Å². The lowest BCUT2D eigenvalue weighted by Crippen LogP contribution is -2.33. The molecule has 0 aromatic heterocycles. The molecule has 11 heteroatoms. The number of ether oxygens (including phenoxy) is 4. The van der Waals surface area contributed by atoms with E-state index in [0.717, 1.165) is 6.07 Å². The fourth-order valence-electron chi connectivity index (χ4n) is 4.37. The summed E-state index contributed by atoms with van der Waals surface area (Å²) >= 11 is 0. The summed E-state index contributed by atoms with van der Waals surface area (Å²) in [6.45, 7) is 2.46. The second kappa shape index (κ2) is 7.65. The van der Waals surface area contributed by atoms with Crippen LogP contribution in [-0.4, -0.2) is 30.9 Å². The van der Waals surface area contributed by atoms with Crippen molar-refractivity contribution in [3.05, 3.63) is 76.9 Å². The zero-order valence-electron chi connectivity index (χ0n) is 18.2. The van der Waals surface area contributed by atoms with Gasteiger partial charge in [-0.1, -0.05) is 12.1 Å². The van der Waals surface area contributed by atoms with Crippen molar-refractivity contribution >= 4 is 28.0 Å². The molecule has 5 rings (SSSR count). The molecule has 2 aliphatic heterocycles.